The summed E-state index contributed by atoms with van der Waals surface area (Å²) >= 11 is 0. The van der Waals surface area contributed by atoms with Crippen LogP contribution in [0.5, 0.6) is 0 Å². The highest BCUT2D eigenvalue weighted by Gasteiger charge is 2.34. The van der Waals surface area contributed by atoms with E-state index in [0.29, 0.717) is 12.1 Å². The zero-order chi connectivity index (χ0) is 15.8. The maximum atomic E-state index is 13.2. The molecule has 0 aliphatic heterocycles. The predicted octanol–water partition coefficient (Wildman–Crippen LogP) is 4.69. The third-order valence-corrected chi connectivity index (χ3v) is 3.02. The first kappa shape index (κ1) is 15.2. The monoisotopic (exact) mass is 296 g/mol. The summed E-state index contributed by atoms with van der Waals surface area (Å²) in [7, 11) is 0. The van der Waals surface area contributed by atoms with E-state index < -0.39 is 23.3 Å². The molecule has 2 aromatic carbocycles. The van der Waals surface area contributed by atoms with Gasteiger partial charge in [-0.2, -0.15) is 13.2 Å². The summed E-state index contributed by atoms with van der Waals surface area (Å²) in [6, 6.07) is 7.30. The fraction of sp³-hybridized carbons (Fsp3) is 0.188. The van der Waals surface area contributed by atoms with Gasteiger partial charge in [-0.05, 0) is 44.2 Å². The predicted molar refractivity (Wildman–Crippen MR) is 70.8 cm³/mol. The maximum absolute atomic E-state index is 13.2. The van der Waals surface area contributed by atoms with Gasteiger partial charge in [-0.25, -0.2) is 4.39 Å². The number of carbonyl (C=O) groups excluding carboxylic acids is 1. The number of benzene rings is 2. The van der Waals surface area contributed by atoms with Gasteiger partial charge in [0, 0.05) is 11.1 Å². The van der Waals surface area contributed by atoms with Gasteiger partial charge >= 0.3 is 6.18 Å². The molecule has 2 aromatic rings. The molecule has 0 saturated heterocycles. The molecular weight excluding hydrogens is 284 g/mol. The van der Waals surface area contributed by atoms with E-state index in [1.54, 1.807) is 26.0 Å². The summed E-state index contributed by atoms with van der Waals surface area (Å²) in [6.07, 6.45) is -4.83. The topological polar surface area (TPSA) is 17.1 Å². The first-order valence-corrected chi connectivity index (χ1v) is 6.18. The highest BCUT2D eigenvalue weighted by Crippen LogP contribution is 2.32. The number of aryl methyl sites for hydroxylation is 2. The number of hydrogen-bond acceptors (Lipinski definition) is 1. The van der Waals surface area contributed by atoms with E-state index in [1.165, 1.54) is 0 Å². The van der Waals surface area contributed by atoms with Crippen LogP contribution in [0.15, 0.2) is 36.4 Å². The smallest absolute Gasteiger partial charge is 0.289 e. The van der Waals surface area contributed by atoms with Gasteiger partial charge in [-0.3, -0.25) is 4.79 Å². The first-order chi connectivity index (χ1) is 9.68. The van der Waals surface area contributed by atoms with Gasteiger partial charge in [-0.15, -0.1) is 0 Å². The lowest BCUT2D eigenvalue weighted by atomic mass is 9.98. The van der Waals surface area contributed by atoms with E-state index in [-0.39, 0.29) is 11.1 Å². The molecule has 0 fully saturated rings. The Bertz CT molecular complexity index is 682. The van der Waals surface area contributed by atoms with Crippen molar-refractivity contribution in [2.75, 3.05) is 0 Å². The summed E-state index contributed by atoms with van der Waals surface area (Å²) in [4.78, 5) is 12.3. The molecule has 0 saturated carbocycles. The van der Waals surface area contributed by atoms with Crippen LogP contribution in [0.1, 0.15) is 32.6 Å². The fourth-order valence-corrected chi connectivity index (χ4v) is 2.16. The number of carbonyl (C=O) groups is 1. The van der Waals surface area contributed by atoms with Crippen LogP contribution in [0.25, 0.3) is 0 Å². The molecular formula is C16H12F4O. The largest absolute Gasteiger partial charge is 0.419 e. The van der Waals surface area contributed by atoms with Crippen molar-refractivity contribution in [3.8, 4) is 0 Å². The molecule has 2 rings (SSSR count). The molecule has 1 nitrogen and oxygen atoms in total. The Balaban J connectivity index is 2.49. The average molecular weight is 296 g/mol. The quantitative estimate of drug-likeness (QED) is 0.580. The molecule has 0 unspecified atom stereocenters. The zero-order valence-electron chi connectivity index (χ0n) is 11.4. The van der Waals surface area contributed by atoms with E-state index >= 15 is 0 Å². The summed E-state index contributed by atoms with van der Waals surface area (Å²) in [6.45, 7) is 3.57. The lowest BCUT2D eigenvalue weighted by molar-refractivity contribution is -0.140. The van der Waals surface area contributed by atoms with E-state index in [4.69, 9.17) is 0 Å². The van der Waals surface area contributed by atoms with Crippen molar-refractivity contribution in [2.45, 2.75) is 20.0 Å². The zero-order valence-corrected chi connectivity index (χ0v) is 11.4. The average Bonchev–Trinajstić information content (AvgIpc) is 2.36. The molecule has 5 heteroatoms. The van der Waals surface area contributed by atoms with Crippen molar-refractivity contribution in [3.63, 3.8) is 0 Å². The van der Waals surface area contributed by atoms with Gasteiger partial charge in [0.25, 0.3) is 0 Å². The highest BCUT2D eigenvalue weighted by atomic mass is 19.4. The lowest BCUT2D eigenvalue weighted by Crippen LogP contribution is -2.11. The maximum Gasteiger partial charge on any atom is 0.419 e. The van der Waals surface area contributed by atoms with Crippen LogP contribution in [-0.2, 0) is 6.18 Å². The van der Waals surface area contributed by atoms with E-state index in [1.807, 2.05) is 6.07 Å². The van der Waals surface area contributed by atoms with Crippen LogP contribution < -0.4 is 0 Å². The molecule has 21 heavy (non-hydrogen) atoms. The third kappa shape index (κ3) is 3.29. The molecule has 0 spiro atoms. The van der Waals surface area contributed by atoms with Crippen LogP contribution in [-0.4, -0.2) is 5.78 Å². The Morgan fingerprint density at radius 1 is 0.905 bits per heavy atom. The van der Waals surface area contributed by atoms with Crippen molar-refractivity contribution in [2.24, 2.45) is 0 Å². The van der Waals surface area contributed by atoms with Gasteiger partial charge in [0.2, 0.25) is 0 Å². The fourth-order valence-electron chi connectivity index (χ4n) is 2.16. The third-order valence-electron chi connectivity index (χ3n) is 3.02. The van der Waals surface area contributed by atoms with Crippen molar-refractivity contribution >= 4 is 5.78 Å². The van der Waals surface area contributed by atoms with Crippen molar-refractivity contribution in [1.82, 2.24) is 0 Å². The van der Waals surface area contributed by atoms with E-state index in [9.17, 15) is 22.4 Å². The molecule has 0 aliphatic carbocycles. The number of ketones is 1. The second-order valence-electron chi connectivity index (χ2n) is 4.90. The minimum absolute atomic E-state index is 0.186. The molecule has 0 aromatic heterocycles. The number of halogens is 4. The molecule has 0 radical (unpaired) electrons. The minimum atomic E-state index is -4.83. The van der Waals surface area contributed by atoms with Crippen LogP contribution >= 0.6 is 0 Å². The Hall–Kier alpha value is -2.17. The summed E-state index contributed by atoms with van der Waals surface area (Å²) < 4.78 is 51.2. The molecule has 0 N–H and O–H groups in total. The van der Waals surface area contributed by atoms with Crippen LogP contribution in [0.2, 0.25) is 0 Å². The van der Waals surface area contributed by atoms with Gasteiger partial charge in [0.05, 0.1) is 5.56 Å². The van der Waals surface area contributed by atoms with Gasteiger partial charge in [0.15, 0.2) is 5.78 Å². The van der Waals surface area contributed by atoms with Crippen molar-refractivity contribution in [1.29, 1.82) is 0 Å². The number of rotatable bonds is 2. The Labute approximate surface area is 119 Å². The molecule has 0 amide bonds. The second kappa shape index (κ2) is 5.31. The molecule has 0 aliphatic rings. The molecule has 0 bridgehead atoms. The minimum Gasteiger partial charge on any atom is -0.289 e. The molecule has 0 heterocycles. The Morgan fingerprint density at radius 3 is 2.00 bits per heavy atom. The van der Waals surface area contributed by atoms with Gasteiger partial charge in [-0.1, -0.05) is 17.2 Å². The summed E-state index contributed by atoms with van der Waals surface area (Å²) in [5, 5.41) is 0. The number of alkyl halides is 3. The van der Waals surface area contributed by atoms with E-state index in [2.05, 4.69) is 0 Å². The van der Waals surface area contributed by atoms with Crippen molar-refractivity contribution < 1.29 is 22.4 Å². The van der Waals surface area contributed by atoms with Crippen LogP contribution in [0.4, 0.5) is 17.6 Å². The van der Waals surface area contributed by atoms with Crippen LogP contribution in [0.3, 0.4) is 0 Å². The molecule has 0 atom stereocenters. The SMILES string of the molecule is Cc1cc(C)cc(C(=O)c2ccc(F)c(C(F)(F)F)c2)c1. The second-order valence-corrected chi connectivity index (χ2v) is 4.90. The standard InChI is InChI=1S/C16H12F4O/c1-9-5-10(2)7-12(6-9)15(21)11-3-4-14(17)13(8-11)16(18,19)20/h3-8H,1-2H3. The highest BCUT2D eigenvalue weighted by molar-refractivity contribution is 6.09. The summed E-state index contributed by atoms with van der Waals surface area (Å²) in [5.74, 6) is -1.95. The van der Waals surface area contributed by atoms with Crippen LogP contribution in [0, 0.1) is 19.7 Å². The lowest BCUT2D eigenvalue weighted by Gasteiger charge is -2.10. The van der Waals surface area contributed by atoms with Gasteiger partial charge in [0.1, 0.15) is 5.82 Å². The van der Waals surface area contributed by atoms with E-state index in [0.717, 1.165) is 17.2 Å². The van der Waals surface area contributed by atoms with Crippen molar-refractivity contribution in [3.05, 3.63) is 70.0 Å². The Kier molecular flexibility index (Phi) is 3.85. The number of hydrogen-bond donors (Lipinski definition) is 0. The van der Waals surface area contributed by atoms with Gasteiger partial charge < -0.3 is 0 Å². The summed E-state index contributed by atoms with van der Waals surface area (Å²) in [5.41, 5.74) is 0.326. The molecule has 110 valence electrons. The Morgan fingerprint density at radius 2 is 1.48 bits per heavy atom. The first-order valence-electron chi connectivity index (χ1n) is 6.18. The normalized spacial score (nSPS) is 11.5.